The molecule has 1 N–H and O–H groups in total. The summed E-state index contributed by atoms with van der Waals surface area (Å²) in [4.78, 5) is 4.69. The van der Waals surface area contributed by atoms with Gasteiger partial charge in [-0.15, -0.1) is 11.3 Å². The van der Waals surface area contributed by atoms with E-state index in [1.165, 1.54) is 16.8 Å². The van der Waals surface area contributed by atoms with Gasteiger partial charge < -0.3 is 5.32 Å². The summed E-state index contributed by atoms with van der Waals surface area (Å²) < 4.78 is 1.14. The normalized spacial score (nSPS) is 13.5. The van der Waals surface area contributed by atoms with Crippen LogP contribution < -0.4 is 5.32 Å². The van der Waals surface area contributed by atoms with Crippen molar-refractivity contribution in [2.45, 2.75) is 6.42 Å². The van der Waals surface area contributed by atoms with Crippen molar-refractivity contribution in [1.82, 2.24) is 4.98 Å². The van der Waals surface area contributed by atoms with Crippen molar-refractivity contribution in [3.8, 4) is 10.6 Å². The van der Waals surface area contributed by atoms with E-state index in [9.17, 15) is 0 Å². The predicted octanol–water partition coefficient (Wildman–Crippen LogP) is 4.58. The first-order chi connectivity index (χ1) is 9.29. The van der Waals surface area contributed by atoms with Gasteiger partial charge in [-0.05, 0) is 48.4 Å². The second-order valence-electron chi connectivity index (χ2n) is 4.68. The second-order valence-corrected chi connectivity index (χ2v) is 6.15. The van der Waals surface area contributed by atoms with E-state index in [4.69, 9.17) is 11.6 Å². The van der Waals surface area contributed by atoms with Crippen molar-refractivity contribution >= 4 is 38.8 Å². The number of hydrogen-bond donors (Lipinski definition) is 1. The lowest BCUT2D eigenvalue weighted by molar-refractivity contribution is 1.11. The van der Waals surface area contributed by atoms with Gasteiger partial charge in [0, 0.05) is 22.8 Å². The fourth-order valence-corrected chi connectivity index (χ4v) is 3.70. The molecule has 2 aromatic carbocycles. The SMILES string of the molecule is Clc1ccc2nc(-c3ccc4c(c3)CCN4)sc2c1. The maximum Gasteiger partial charge on any atom is 0.124 e. The molecule has 0 bridgehead atoms. The molecular formula is C15H11ClN2S. The number of benzene rings is 2. The van der Waals surface area contributed by atoms with Crippen LogP contribution in [0, 0.1) is 0 Å². The van der Waals surface area contributed by atoms with Crippen molar-refractivity contribution in [3.05, 3.63) is 47.0 Å². The number of aromatic nitrogens is 1. The molecule has 1 aliphatic heterocycles. The fraction of sp³-hybridized carbons (Fsp3) is 0.133. The lowest BCUT2D eigenvalue weighted by atomic mass is 10.1. The molecule has 0 unspecified atom stereocenters. The number of thiazole rings is 1. The van der Waals surface area contributed by atoms with Crippen LogP contribution in [-0.4, -0.2) is 11.5 Å². The molecule has 0 saturated carbocycles. The third-order valence-electron chi connectivity index (χ3n) is 3.41. The van der Waals surface area contributed by atoms with Gasteiger partial charge in [0.2, 0.25) is 0 Å². The van der Waals surface area contributed by atoms with Crippen molar-refractivity contribution in [3.63, 3.8) is 0 Å². The molecule has 1 aliphatic rings. The Labute approximate surface area is 120 Å². The Hall–Kier alpha value is -1.58. The Balaban J connectivity index is 1.85. The monoisotopic (exact) mass is 286 g/mol. The third kappa shape index (κ3) is 1.90. The van der Waals surface area contributed by atoms with Gasteiger partial charge in [0.15, 0.2) is 0 Å². The number of rotatable bonds is 1. The quantitative estimate of drug-likeness (QED) is 0.708. The smallest absolute Gasteiger partial charge is 0.124 e. The summed E-state index contributed by atoms with van der Waals surface area (Å²) in [5.41, 5.74) is 4.85. The molecular weight excluding hydrogens is 276 g/mol. The molecule has 4 heteroatoms. The molecule has 0 radical (unpaired) electrons. The summed E-state index contributed by atoms with van der Waals surface area (Å²) >= 11 is 7.72. The van der Waals surface area contributed by atoms with E-state index in [0.717, 1.165) is 33.2 Å². The molecule has 0 amide bonds. The highest BCUT2D eigenvalue weighted by atomic mass is 35.5. The van der Waals surface area contributed by atoms with Gasteiger partial charge in [-0.3, -0.25) is 0 Å². The van der Waals surface area contributed by atoms with E-state index in [1.54, 1.807) is 11.3 Å². The van der Waals surface area contributed by atoms with Crippen molar-refractivity contribution < 1.29 is 0 Å². The van der Waals surface area contributed by atoms with Crippen molar-refractivity contribution in [2.75, 3.05) is 11.9 Å². The maximum absolute atomic E-state index is 6.02. The van der Waals surface area contributed by atoms with E-state index in [0.29, 0.717) is 0 Å². The number of anilines is 1. The molecule has 2 heterocycles. The average Bonchev–Trinajstić information content (AvgIpc) is 3.02. The number of nitrogens with zero attached hydrogens (tertiary/aromatic N) is 1. The minimum atomic E-state index is 0.765. The highest BCUT2D eigenvalue weighted by Crippen LogP contribution is 2.34. The zero-order valence-corrected chi connectivity index (χ0v) is 11.7. The van der Waals surface area contributed by atoms with Crippen molar-refractivity contribution in [1.29, 1.82) is 0 Å². The van der Waals surface area contributed by atoms with E-state index < -0.39 is 0 Å². The second kappa shape index (κ2) is 4.22. The van der Waals surface area contributed by atoms with Crippen LogP contribution in [0.4, 0.5) is 5.69 Å². The first-order valence-corrected chi connectivity index (χ1v) is 7.42. The van der Waals surface area contributed by atoms with Gasteiger partial charge in [-0.2, -0.15) is 0 Å². The summed E-state index contributed by atoms with van der Waals surface area (Å²) in [5, 5.41) is 5.21. The zero-order valence-electron chi connectivity index (χ0n) is 10.1. The topological polar surface area (TPSA) is 24.9 Å². The largest absolute Gasteiger partial charge is 0.384 e. The number of halogens is 1. The summed E-state index contributed by atoms with van der Waals surface area (Å²) in [6.45, 7) is 1.04. The standard InChI is InChI=1S/C15H11ClN2S/c16-11-2-4-13-14(8-11)19-15(18-13)10-1-3-12-9(7-10)5-6-17-12/h1-4,7-8,17H,5-6H2. The number of fused-ring (bicyclic) bond motifs is 2. The van der Waals surface area contributed by atoms with Crippen LogP contribution in [0.1, 0.15) is 5.56 Å². The summed E-state index contributed by atoms with van der Waals surface area (Å²) in [6, 6.07) is 12.4. The molecule has 1 aromatic heterocycles. The summed E-state index contributed by atoms with van der Waals surface area (Å²) in [7, 11) is 0. The van der Waals surface area contributed by atoms with Crippen LogP contribution in [0.25, 0.3) is 20.8 Å². The van der Waals surface area contributed by atoms with Crippen LogP contribution in [-0.2, 0) is 6.42 Å². The van der Waals surface area contributed by atoms with Gasteiger partial charge in [-0.1, -0.05) is 11.6 Å². The molecule has 94 valence electrons. The molecule has 4 rings (SSSR count). The molecule has 0 atom stereocenters. The number of nitrogens with one attached hydrogen (secondary N) is 1. The first kappa shape index (κ1) is 11.3. The van der Waals surface area contributed by atoms with Crippen LogP contribution in [0.15, 0.2) is 36.4 Å². The first-order valence-electron chi connectivity index (χ1n) is 6.23. The van der Waals surface area contributed by atoms with Gasteiger partial charge in [0.1, 0.15) is 5.01 Å². The summed E-state index contributed by atoms with van der Waals surface area (Å²) in [5.74, 6) is 0. The van der Waals surface area contributed by atoms with E-state index in [1.807, 2.05) is 18.2 Å². The van der Waals surface area contributed by atoms with Crippen LogP contribution in [0.3, 0.4) is 0 Å². The third-order valence-corrected chi connectivity index (χ3v) is 4.71. The van der Waals surface area contributed by atoms with Crippen LogP contribution >= 0.6 is 22.9 Å². The van der Waals surface area contributed by atoms with Crippen LogP contribution in [0.2, 0.25) is 5.02 Å². The molecule has 2 nitrogen and oxygen atoms in total. The highest BCUT2D eigenvalue weighted by Gasteiger charge is 2.13. The maximum atomic E-state index is 6.02. The minimum Gasteiger partial charge on any atom is -0.384 e. The fourth-order valence-electron chi connectivity index (χ4n) is 2.46. The molecule has 0 spiro atoms. The summed E-state index contributed by atoms with van der Waals surface area (Å²) in [6.07, 6.45) is 1.10. The van der Waals surface area contributed by atoms with Crippen molar-refractivity contribution in [2.24, 2.45) is 0 Å². The molecule has 0 fully saturated rings. The Bertz CT molecular complexity index is 779. The molecule has 0 aliphatic carbocycles. The van der Waals surface area contributed by atoms with E-state index in [-0.39, 0.29) is 0 Å². The van der Waals surface area contributed by atoms with Gasteiger partial charge in [0.05, 0.1) is 10.2 Å². The highest BCUT2D eigenvalue weighted by molar-refractivity contribution is 7.21. The van der Waals surface area contributed by atoms with Crippen LogP contribution in [0.5, 0.6) is 0 Å². The molecule has 3 aromatic rings. The Kier molecular flexibility index (Phi) is 2.50. The zero-order chi connectivity index (χ0) is 12.8. The van der Waals surface area contributed by atoms with Gasteiger partial charge in [-0.25, -0.2) is 4.98 Å². The Morgan fingerprint density at radius 1 is 1.16 bits per heavy atom. The van der Waals surface area contributed by atoms with Gasteiger partial charge in [0.25, 0.3) is 0 Å². The predicted molar refractivity (Wildman–Crippen MR) is 82.3 cm³/mol. The molecule has 0 saturated heterocycles. The Morgan fingerprint density at radius 2 is 2.11 bits per heavy atom. The van der Waals surface area contributed by atoms with E-state index in [2.05, 4.69) is 28.5 Å². The molecule has 19 heavy (non-hydrogen) atoms. The number of hydrogen-bond acceptors (Lipinski definition) is 3. The van der Waals surface area contributed by atoms with E-state index >= 15 is 0 Å². The minimum absolute atomic E-state index is 0.765. The Morgan fingerprint density at radius 3 is 3.05 bits per heavy atom. The van der Waals surface area contributed by atoms with Gasteiger partial charge >= 0.3 is 0 Å². The lowest BCUT2D eigenvalue weighted by Crippen LogP contribution is -1.90. The lowest BCUT2D eigenvalue weighted by Gasteiger charge is -2.01. The average molecular weight is 287 g/mol.